The van der Waals surface area contributed by atoms with Gasteiger partial charge in [0.25, 0.3) is 0 Å². The Kier molecular flexibility index (Phi) is 5.99. The summed E-state index contributed by atoms with van der Waals surface area (Å²) in [5.74, 6) is -1.09. The molecule has 0 saturated carbocycles. The molecule has 0 rings (SSSR count). The quantitative estimate of drug-likeness (QED) is 0.690. The molecular weight excluding hydrogens is 220 g/mol. The number of hydrogen-bond acceptors (Lipinski definition) is 2. The molecule has 0 aliphatic heterocycles. The monoisotopic (exact) mass is 244 g/mol. The molecule has 5 nitrogen and oxygen atoms in total. The molecule has 17 heavy (non-hydrogen) atoms. The molecule has 2 atom stereocenters. The topological polar surface area (TPSA) is 78.4 Å². The van der Waals surface area contributed by atoms with E-state index in [-0.39, 0.29) is 11.3 Å². The molecule has 0 aromatic rings. The summed E-state index contributed by atoms with van der Waals surface area (Å²) in [6, 6.07) is -1.26. The average molecular weight is 244 g/mol. The fourth-order valence-electron chi connectivity index (χ4n) is 1.22. The molecule has 0 spiro atoms. The lowest BCUT2D eigenvalue weighted by Crippen LogP contribution is -2.50. The van der Waals surface area contributed by atoms with E-state index in [9.17, 15) is 9.59 Å². The fraction of sp³-hybridized carbons (Fsp3) is 0.833. The molecule has 0 radical (unpaired) electrons. The minimum Gasteiger partial charge on any atom is -0.480 e. The van der Waals surface area contributed by atoms with Gasteiger partial charge in [-0.25, -0.2) is 9.59 Å². The van der Waals surface area contributed by atoms with E-state index in [0.29, 0.717) is 13.0 Å². The Morgan fingerprint density at radius 1 is 1.29 bits per heavy atom. The molecule has 0 heterocycles. The number of rotatable bonds is 5. The first-order valence-electron chi connectivity index (χ1n) is 5.94. The summed E-state index contributed by atoms with van der Waals surface area (Å²) in [6.45, 7) is 10.2. The van der Waals surface area contributed by atoms with Gasteiger partial charge in [-0.2, -0.15) is 0 Å². The van der Waals surface area contributed by atoms with Gasteiger partial charge in [0.1, 0.15) is 6.04 Å². The normalized spacial score (nSPS) is 14.9. The molecule has 0 aromatic heterocycles. The number of carbonyl (C=O) groups excluding carboxylic acids is 1. The number of carbonyl (C=O) groups is 2. The van der Waals surface area contributed by atoms with Gasteiger partial charge < -0.3 is 15.7 Å². The highest BCUT2D eigenvalue weighted by atomic mass is 16.4. The summed E-state index contributed by atoms with van der Waals surface area (Å²) >= 11 is 0. The predicted molar refractivity (Wildman–Crippen MR) is 66.9 cm³/mol. The van der Waals surface area contributed by atoms with Gasteiger partial charge in [0, 0.05) is 6.54 Å². The van der Waals surface area contributed by atoms with E-state index in [1.54, 1.807) is 0 Å². The zero-order valence-electron chi connectivity index (χ0n) is 11.3. The van der Waals surface area contributed by atoms with Crippen LogP contribution in [0.4, 0.5) is 4.79 Å². The maximum absolute atomic E-state index is 11.5. The van der Waals surface area contributed by atoms with Crippen molar-refractivity contribution >= 4 is 12.0 Å². The maximum atomic E-state index is 11.5. The molecular formula is C12H24N2O3. The van der Waals surface area contributed by atoms with Crippen LogP contribution in [0.1, 0.15) is 41.0 Å². The highest BCUT2D eigenvalue weighted by molar-refractivity contribution is 5.82. The fourth-order valence-corrected chi connectivity index (χ4v) is 1.22. The highest BCUT2D eigenvalue weighted by Crippen LogP contribution is 2.10. The van der Waals surface area contributed by atoms with Gasteiger partial charge in [-0.3, -0.25) is 0 Å². The first-order valence-corrected chi connectivity index (χ1v) is 5.94. The Morgan fingerprint density at radius 3 is 2.18 bits per heavy atom. The summed E-state index contributed by atoms with van der Waals surface area (Å²) < 4.78 is 0. The van der Waals surface area contributed by atoms with Crippen molar-refractivity contribution in [3.63, 3.8) is 0 Å². The van der Waals surface area contributed by atoms with Crippen LogP contribution >= 0.6 is 0 Å². The molecule has 0 aliphatic rings. The van der Waals surface area contributed by atoms with Crippen molar-refractivity contribution in [3.05, 3.63) is 0 Å². The Morgan fingerprint density at radius 2 is 1.82 bits per heavy atom. The molecule has 2 unspecified atom stereocenters. The zero-order chi connectivity index (χ0) is 13.6. The van der Waals surface area contributed by atoms with Crippen molar-refractivity contribution in [1.82, 2.24) is 10.6 Å². The molecule has 5 heteroatoms. The number of aliphatic carboxylic acids is 1. The number of carboxylic acid groups (broad SMARTS) is 1. The van der Waals surface area contributed by atoms with Crippen LogP contribution in [0.25, 0.3) is 0 Å². The van der Waals surface area contributed by atoms with Crippen molar-refractivity contribution in [3.8, 4) is 0 Å². The molecule has 2 amide bonds. The third-order valence-electron chi connectivity index (χ3n) is 2.54. The van der Waals surface area contributed by atoms with Crippen molar-refractivity contribution < 1.29 is 14.7 Å². The number of amides is 2. The van der Waals surface area contributed by atoms with Gasteiger partial charge in [-0.1, -0.05) is 41.0 Å². The molecule has 0 bridgehead atoms. The van der Waals surface area contributed by atoms with Gasteiger partial charge in [0.2, 0.25) is 0 Å². The molecule has 0 saturated heterocycles. The predicted octanol–water partition coefficient (Wildman–Crippen LogP) is 1.83. The minimum atomic E-state index is -0.995. The Balaban J connectivity index is 4.28. The lowest BCUT2D eigenvalue weighted by atomic mass is 9.97. The molecule has 100 valence electrons. The van der Waals surface area contributed by atoms with E-state index >= 15 is 0 Å². The van der Waals surface area contributed by atoms with Crippen LogP contribution in [-0.2, 0) is 4.79 Å². The standard InChI is InChI=1S/C12H24N2O3/c1-6-8(2)9(10(15)16)14-11(17)13-7-12(3,4)5/h8-9H,6-7H2,1-5H3,(H,15,16)(H2,13,14,17). The third kappa shape index (κ3) is 6.81. The van der Waals surface area contributed by atoms with Crippen LogP contribution in [0.3, 0.4) is 0 Å². The van der Waals surface area contributed by atoms with Crippen LogP contribution in [-0.4, -0.2) is 29.7 Å². The summed E-state index contributed by atoms with van der Waals surface area (Å²) in [5.41, 5.74) is -0.0214. The van der Waals surface area contributed by atoms with Crippen LogP contribution in [0.15, 0.2) is 0 Å². The van der Waals surface area contributed by atoms with Gasteiger partial charge >= 0.3 is 12.0 Å². The van der Waals surface area contributed by atoms with E-state index in [0.717, 1.165) is 0 Å². The van der Waals surface area contributed by atoms with E-state index in [1.165, 1.54) is 0 Å². The SMILES string of the molecule is CCC(C)C(NC(=O)NCC(C)(C)C)C(=O)O. The largest absolute Gasteiger partial charge is 0.480 e. The minimum absolute atomic E-state index is 0.0214. The van der Waals surface area contributed by atoms with Crippen LogP contribution in [0, 0.1) is 11.3 Å². The van der Waals surface area contributed by atoms with E-state index in [4.69, 9.17) is 5.11 Å². The second kappa shape index (κ2) is 6.47. The second-order valence-electron chi connectivity index (χ2n) is 5.59. The van der Waals surface area contributed by atoms with Gasteiger partial charge in [-0.15, -0.1) is 0 Å². The maximum Gasteiger partial charge on any atom is 0.326 e. The first-order chi connectivity index (χ1) is 7.67. The summed E-state index contributed by atoms with van der Waals surface area (Å²) in [6.07, 6.45) is 0.705. The Labute approximate surface area is 103 Å². The lowest BCUT2D eigenvalue weighted by Gasteiger charge is -2.23. The molecule has 0 fully saturated rings. The first kappa shape index (κ1) is 15.7. The molecule has 3 N–H and O–H groups in total. The van der Waals surface area contributed by atoms with Gasteiger partial charge in [-0.05, 0) is 11.3 Å². The summed E-state index contributed by atoms with van der Waals surface area (Å²) in [4.78, 5) is 22.5. The van der Waals surface area contributed by atoms with Gasteiger partial charge in [0.05, 0.1) is 0 Å². The van der Waals surface area contributed by atoms with Crippen LogP contribution in [0.5, 0.6) is 0 Å². The number of carboxylic acids is 1. The number of nitrogens with one attached hydrogen (secondary N) is 2. The molecule has 0 aromatic carbocycles. The van der Waals surface area contributed by atoms with Crippen LogP contribution in [0.2, 0.25) is 0 Å². The zero-order valence-corrected chi connectivity index (χ0v) is 11.3. The van der Waals surface area contributed by atoms with Crippen LogP contribution < -0.4 is 10.6 Å². The smallest absolute Gasteiger partial charge is 0.326 e. The Bertz CT molecular complexity index is 271. The highest BCUT2D eigenvalue weighted by Gasteiger charge is 2.25. The van der Waals surface area contributed by atoms with Crippen molar-refractivity contribution in [1.29, 1.82) is 0 Å². The van der Waals surface area contributed by atoms with E-state index in [1.807, 2.05) is 34.6 Å². The molecule has 0 aliphatic carbocycles. The third-order valence-corrected chi connectivity index (χ3v) is 2.54. The number of urea groups is 1. The second-order valence-corrected chi connectivity index (χ2v) is 5.59. The number of hydrogen-bond donors (Lipinski definition) is 3. The van der Waals surface area contributed by atoms with E-state index < -0.39 is 18.0 Å². The van der Waals surface area contributed by atoms with E-state index in [2.05, 4.69) is 10.6 Å². The average Bonchev–Trinajstić information content (AvgIpc) is 2.20. The lowest BCUT2D eigenvalue weighted by molar-refractivity contribution is -0.140. The van der Waals surface area contributed by atoms with Crippen molar-refractivity contribution in [2.75, 3.05) is 6.54 Å². The summed E-state index contributed by atoms with van der Waals surface area (Å²) in [5, 5.41) is 14.2. The Hall–Kier alpha value is -1.26. The van der Waals surface area contributed by atoms with Crippen molar-refractivity contribution in [2.45, 2.75) is 47.1 Å². The van der Waals surface area contributed by atoms with Crippen molar-refractivity contribution in [2.24, 2.45) is 11.3 Å². The van der Waals surface area contributed by atoms with Gasteiger partial charge in [0.15, 0.2) is 0 Å². The summed E-state index contributed by atoms with van der Waals surface area (Å²) in [7, 11) is 0.